The van der Waals surface area contributed by atoms with E-state index in [4.69, 9.17) is 0 Å². The summed E-state index contributed by atoms with van der Waals surface area (Å²) in [5.74, 6) is 0.492. The summed E-state index contributed by atoms with van der Waals surface area (Å²) in [5, 5.41) is 2.65. The molecule has 0 bridgehead atoms. The van der Waals surface area contributed by atoms with Crippen molar-refractivity contribution in [2.75, 3.05) is 0 Å². The molecular weight excluding hydrogens is 743 g/mol. The molecular formula is C46H54Cl2SiZr. The van der Waals surface area contributed by atoms with Gasteiger partial charge in [-0.2, -0.15) is 0 Å². The van der Waals surface area contributed by atoms with Crippen LogP contribution in [0, 0.1) is 19.8 Å². The molecule has 0 amide bonds. The number of halogens is 2. The van der Waals surface area contributed by atoms with Gasteiger partial charge in [0.05, 0.1) is 0 Å². The number of hydrogen-bond acceptors (Lipinski definition) is 0. The topological polar surface area (TPSA) is 0 Å². The van der Waals surface area contributed by atoms with Crippen LogP contribution < -0.4 is 0 Å². The zero-order valence-corrected chi connectivity index (χ0v) is 37.1. The molecule has 5 aromatic rings. The number of fused-ring (bicyclic) bond motifs is 3. The Balaban J connectivity index is 0.00000243. The van der Waals surface area contributed by atoms with Crippen LogP contribution in [0.2, 0.25) is 9.26 Å². The van der Waals surface area contributed by atoms with Crippen molar-refractivity contribution in [1.29, 1.82) is 0 Å². The van der Waals surface area contributed by atoms with E-state index in [-0.39, 0.29) is 30.2 Å². The summed E-state index contributed by atoms with van der Waals surface area (Å²) in [5.41, 5.74) is 19.2. The van der Waals surface area contributed by atoms with E-state index in [2.05, 4.69) is 175 Å². The van der Waals surface area contributed by atoms with Crippen molar-refractivity contribution in [3.8, 4) is 22.3 Å². The van der Waals surface area contributed by atoms with E-state index in [9.17, 15) is 0 Å². The summed E-state index contributed by atoms with van der Waals surface area (Å²) in [6.07, 6.45) is 5.21. The first-order chi connectivity index (χ1) is 22.6. The third-order valence-corrected chi connectivity index (χ3v) is 29.3. The Bertz CT molecular complexity index is 2250. The van der Waals surface area contributed by atoms with E-state index in [1.807, 2.05) is 0 Å². The summed E-state index contributed by atoms with van der Waals surface area (Å²) in [7, 11) is 0. The van der Waals surface area contributed by atoms with Crippen molar-refractivity contribution in [1.82, 2.24) is 0 Å². The molecule has 0 radical (unpaired) electrons. The Morgan fingerprint density at radius 3 is 1.96 bits per heavy atom. The standard InChI is InChI=1S/C22H19.C22H25.2CH3.2ClH.H2Si.Zr/c1-14-11-20-15(2)13-16(3)22(21(20)12-14)19-10-6-8-17-7-4-5-9-18(17)19;1-15(2)18-13-17-7-6-8-20(21(17)14-18)16-9-11-19(12-10-16)22(3,4)5;;;;;;/h4-13H,1-3H3;6-15H,1-5H3;2*1H3;2*1H;1H2;. The van der Waals surface area contributed by atoms with E-state index in [1.165, 1.54) is 60.8 Å². The Labute approximate surface area is 316 Å². The fraction of sp³-hybridized carbons (Fsp3) is 0.304. The van der Waals surface area contributed by atoms with Crippen molar-refractivity contribution in [3.63, 3.8) is 0 Å². The van der Waals surface area contributed by atoms with Crippen LogP contribution in [0.1, 0.15) is 87.7 Å². The molecule has 2 aliphatic carbocycles. The van der Waals surface area contributed by atoms with E-state index in [0.717, 1.165) is 0 Å². The van der Waals surface area contributed by atoms with Crippen LogP contribution >= 0.6 is 24.8 Å². The minimum atomic E-state index is -3.76. The van der Waals surface area contributed by atoms with Crippen LogP contribution in [0.3, 0.4) is 0 Å². The molecule has 2 atom stereocenters. The summed E-state index contributed by atoms with van der Waals surface area (Å²) in [4.78, 5) is 0. The second kappa shape index (κ2) is 13.5. The van der Waals surface area contributed by atoms with Crippen molar-refractivity contribution >= 4 is 54.6 Å². The normalized spacial score (nSPS) is 17.1. The summed E-state index contributed by atoms with van der Waals surface area (Å²) < 4.78 is 6.56. The fourth-order valence-electron chi connectivity index (χ4n) is 9.68. The van der Waals surface area contributed by atoms with Gasteiger partial charge in [-0.1, -0.05) is 0 Å². The molecule has 0 saturated heterocycles. The zero-order valence-electron chi connectivity index (χ0n) is 31.6. The van der Waals surface area contributed by atoms with Gasteiger partial charge in [0.15, 0.2) is 0 Å². The van der Waals surface area contributed by atoms with Gasteiger partial charge in [0.25, 0.3) is 0 Å². The van der Waals surface area contributed by atoms with E-state index in [1.54, 1.807) is 22.3 Å². The van der Waals surface area contributed by atoms with Gasteiger partial charge in [0, 0.05) is 0 Å². The van der Waals surface area contributed by atoms with Crippen molar-refractivity contribution in [2.45, 2.75) is 77.3 Å². The van der Waals surface area contributed by atoms with Gasteiger partial charge in [-0.3, -0.25) is 0 Å². The average molecular weight is 797 g/mol. The molecule has 0 nitrogen and oxygen atoms in total. The Morgan fingerprint density at radius 2 is 1.30 bits per heavy atom. The molecule has 0 spiro atoms. The van der Waals surface area contributed by atoms with Crippen LogP contribution in [0.5, 0.6) is 0 Å². The second-order valence-electron chi connectivity index (χ2n) is 17.4. The molecule has 2 unspecified atom stereocenters. The minimum Gasteiger partial charge on any atom is -0.147 e. The van der Waals surface area contributed by atoms with Crippen molar-refractivity contribution in [2.24, 2.45) is 5.92 Å². The molecule has 0 saturated carbocycles. The van der Waals surface area contributed by atoms with Crippen LogP contribution in [0.25, 0.3) is 45.2 Å². The number of allylic oxidation sites excluding steroid dienone is 2. The predicted octanol–water partition coefficient (Wildman–Crippen LogP) is 13.5. The third-order valence-electron chi connectivity index (χ3n) is 11.7. The molecule has 0 heterocycles. The maximum Gasteiger partial charge on any atom is -0.147 e. The van der Waals surface area contributed by atoms with Crippen LogP contribution in [-0.4, -0.2) is 6.88 Å². The molecule has 260 valence electrons. The maximum atomic E-state index is 2.79. The van der Waals surface area contributed by atoms with Gasteiger partial charge in [0.2, 0.25) is 0 Å². The molecule has 5 aromatic carbocycles. The van der Waals surface area contributed by atoms with Crippen molar-refractivity contribution in [3.05, 3.63) is 141 Å². The van der Waals surface area contributed by atoms with Crippen LogP contribution in [-0.2, 0) is 22.8 Å². The van der Waals surface area contributed by atoms with Gasteiger partial charge in [-0.05, 0) is 0 Å². The number of hydrogen-bond donors (Lipinski definition) is 0. The largest absolute Gasteiger partial charge is 0.147 e. The number of aryl methyl sites for hydroxylation is 2. The number of rotatable bonds is 5. The SMILES string of the molecule is CC1=Cc2c(-c3cccc4ccccc34)c(C)cc(C)c2[CH]1[Zr]([CH3])([CH3])(=[SiH2])[CH]1C(C(C)C)=Cc2c(-c3ccc(C(C)(C)C)cc3)cccc21.Cl.Cl. The first-order valence-electron chi connectivity index (χ1n) is 17.9. The Kier molecular flexibility index (Phi) is 10.5. The summed E-state index contributed by atoms with van der Waals surface area (Å²) in [6, 6.07) is 34.8. The first-order valence-corrected chi connectivity index (χ1v) is 31.6. The van der Waals surface area contributed by atoms with Crippen LogP contribution in [0.4, 0.5) is 0 Å². The monoisotopic (exact) mass is 794 g/mol. The Morgan fingerprint density at radius 1 is 0.680 bits per heavy atom. The fourth-order valence-corrected chi connectivity index (χ4v) is 30.3. The summed E-state index contributed by atoms with van der Waals surface area (Å²) >= 11 is -3.76. The van der Waals surface area contributed by atoms with E-state index >= 15 is 0 Å². The molecule has 0 aromatic heterocycles. The van der Waals surface area contributed by atoms with Crippen LogP contribution in [0.15, 0.2) is 102 Å². The summed E-state index contributed by atoms with van der Waals surface area (Å²) in [6.45, 7) is 21.4. The van der Waals surface area contributed by atoms with Gasteiger partial charge >= 0.3 is 294 Å². The van der Waals surface area contributed by atoms with E-state index in [0.29, 0.717) is 13.2 Å². The number of benzene rings is 5. The predicted molar refractivity (Wildman–Crippen MR) is 226 cm³/mol. The third kappa shape index (κ3) is 6.21. The molecule has 0 N–H and O–H groups in total. The van der Waals surface area contributed by atoms with Gasteiger partial charge in [0.1, 0.15) is 0 Å². The smallest absolute Gasteiger partial charge is 0.147 e. The quantitative estimate of drug-likeness (QED) is 0.155. The first kappa shape index (κ1) is 38.7. The molecule has 0 aliphatic heterocycles. The van der Waals surface area contributed by atoms with Gasteiger partial charge in [-0.15, -0.1) is 24.8 Å². The molecule has 50 heavy (non-hydrogen) atoms. The average Bonchev–Trinajstić information content (AvgIpc) is 3.61. The minimum absolute atomic E-state index is 0. The van der Waals surface area contributed by atoms with E-state index < -0.39 is 17.4 Å². The maximum absolute atomic E-state index is 3.76. The van der Waals surface area contributed by atoms with Gasteiger partial charge < -0.3 is 0 Å². The van der Waals surface area contributed by atoms with Gasteiger partial charge in [-0.25, -0.2) is 0 Å². The molecule has 0 fully saturated rings. The van der Waals surface area contributed by atoms with Crippen molar-refractivity contribution < 1.29 is 17.4 Å². The molecule has 7 rings (SSSR count). The zero-order chi connectivity index (χ0) is 34.4. The second-order valence-corrected chi connectivity index (χ2v) is 47.8. The Hall–Kier alpha value is -2.48. The molecule has 4 heteroatoms. The molecule has 2 aliphatic rings.